The third kappa shape index (κ3) is 7.27. The molecule has 0 aliphatic carbocycles. The number of nitrogens with zero attached hydrogens (tertiary/aromatic N) is 2. The van der Waals surface area contributed by atoms with E-state index < -0.39 is 51.7 Å². The summed E-state index contributed by atoms with van der Waals surface area (Å²) in [7, 11) is 1.60. The van der Waals surface area contributed by atoms with Gasteiger partial charge < -0.3 is 29.7 Å². The van der Waals surface area contributed by atoms with Crippen molar-refractivity contribution in [3.05, 3.63) is 5.21 Å². The van der Waals surface area contributed by atoms with E-state index in [0.29, 0.717) is 51.6 Å². The Morgan fingerprint density at radius 1 is 0.816 bits per heavy atom. The minimum atomic E-state index is -1.46. The van der Waals surface area contributed by atoms with Crippen LogP contribution in [0.3, 0.4) is 0 Å². The molecule has 1 atom stereocenters. The van der Waals surface area contributed by atoms with E-state index in [9.17, 15) is 20.0 Å². The Labute approximate surface area is 230 Å². The van der Waals surface area contributed by atoms with E-state index in [1.807, 2.05) is 62.3 Å². The summed E-state index contributed by atoms with van der Waals surface area (Å²) in [6.45, 7) is 17.5. The predicted octanol–water partition coefficient (Wildman–Crippen LogP) is 5.61. The second-order valence-electron chi connectivity index (χ2n) is 14.0. The zero-order chi connectivity index (χ0) is 29.2. The van der Waals surface area contributed by atoms with Gasteiger partial charge in [-0.05, 0) is 74.7 Å². The molecule has 222 valence electrons. The second-order valence-corrected chi connectivity index (χ2v) is 14.0. The van der Waals surface area contributed by atoms with Crippen LogP contribution in [0.15, 0.2) is 0 Å². The van der Waals surface area contributed by atoms with E-state index in [-0.39, 0.29) is 6.42 Å². The highest BCUT2D eigenvalue weighted by molar-refractivity contribution is 6.00. The van der Waals surface area contributed by atoms with Crippen LogP contribution in [0, 0.1) is 10.6 Å². The molecule has 0 amide bonds. The summed E-state index contributed by atoms with van der Waals surface area (Å²) in [5.41, 5.74) is -4.06. The lowest BCUT2D eigenvalue weighted by Gasteiger charge is -2.59. The number of hydrogen-bond acceptors (Lipinski definition) is 9. The maximum atomic E-state index is 14.0. The van der Waals surface area contributed by atoms with Crippen molar-refractivity contribution in [2.75, 3.05) is 13.7 Å². The molecule has 1 N–H and O–H groups in total. The van der Waals surface area contributed by atoms with Gasteiger partial charge in [0.05, 0.1) is 0 Å². The first-order valence-corrected chi connectivity index (χ1v) is 14.2. The average Bonchev–Trinajstić information content (AvgIpc) is 2.77. The molecule has 9 nitrogen and oxygen atoms in total. The molecule has 2 fully saturated rings. The van der Waals surface area contributed by atoms with Crippen molar-refractivity contribution in [2.45, 2.75) is 154 Å². The molecule has 9 heteroatoms. The van der Waals surface area contributed by atoms with Crippen LogP contribution in [0.1, 0.15) is 120 Å². The molecule has 0 radical (unpaired) electrons. The largest absolute Gasteiger partial charge is 0.784 e. The van der Waals surface area contributed by atoms with E-state index >= 15 is 0 Å². The number of rotatable bonds is 11. The Morgan fingerprint density at radius 3 is 1.61 bits per heavy atom. The summed E-state index contributed by atoms with van der Waals surface area (Å²) < 4.78 is 17.5. The van der Waals surface area contributed by atoms with Gasteiger partial charge in [-0.25, -0.2) is 0 Å². The Morgan fingerprint density at radius 2 is 1.21 bits per heavy atom. The fourth-order valence-electron chi connectivity index (χ4n) is 6.66. The normalized spacial score (nSPS) is 25.5. The molecule has 0 bridgehead atoms. The molecular weight excluding hydrogens is 488 g/mol. The number of hydroxylamine groups is 4. The maximum Gasteiger partial charge on any atom is 0.323 e. The molecule has 2 heterocycles. The molecule has 0 spiro atoms. The number of unbranched alkanes of at least 4 members (excludes halogenated alkanes) is 1. The highest BCUT2D eigenvalue weighted by Gasteiger charge is 2.53. The lowest BCUT2D eigenvalue weighted by molar-refractivity contribution is -0.260. The molecule has 0 saturated carbocycles. The Balaban J connectivity index is 2.37. The molecule has 0 aromatic carbocycles. The van der Waals surface area contributed by atoms with Gasteiger partial charge in [-0.2, -0.15) is 5.06 Å². The summed E-state index contributed by atoms with van der Waals surface area (Å²) in [5.74, 6) is -1.13. The van der Waals surface area contributed by atoms with Gasteiger partial charge in [0, 0.05) is 61.6 Å². The SMILES string of the molecule is CCCCC(CCCOC)(C(=O)OC1CC(C)(C)N([O-])C(C)(C)C1)C(=O)OC1CC(C)(C)N(O)C(C)(C)C1. The topological polar surface area (TPSA) is 112 Å². The van der Waals surface area contributed by atoms with E-state index in [4.69, 9.17) is 14.2 Å². The third-order valence-corrected chi connectivity index (χ3v) is 8.39. The molecule has 0 aromatic heterocycles. The van der Waals surface area contributed by atoms with Crippen LogP contribution in [0.5, 0.6) is 0 Å². The lowest BCUT2D eigenvalue weighted by atomic mass is 9.77. The molecule has 2 rings (SSSR count). The standard InChI is InChI=1S/C29H53N2O7/c1-11-12-14-29(15-13-16-36-10,23(32)37-21-17-25(2,3)30(34)26(4,5)18-21)24(33)38-22-19-27(6,7)31(35)28(8,9)20-22/h21-22,34H,11-20H2,1-10H3/q-1. The fourth-order valence-corrected chi connectivity index (χ4v) is 6.66. The highest BCUT2D eigenvalue weighted by Crippen LogP contribution is 2.43. The summed E-state index contributed by atoms with van der Waals surface area (Å²) in [6, 6.07) is 0. The van der Waals surface area contributed by atoms with E-state index in [1.165, 1.54) is 5.06 Å². The van der Waals surface area contributed by atoms with Crippen molar-refractivity contribution < 1.29 is 29.0 Å². The van der Waals surface area contributed by atoms with Gasteiger partial charge in [0.15, 0.2) is 5.41 Å². The van der Waals surface area contributed by atoms with Crippen molar-refractivity contribution in [1.29, 1.82) is 0 Å². The monoisotopic (exact) mass is 541 g/mol. The lowest BCUT2D eigenvalue weighted by Crippen LogP contribution is -2.61. The Kier molecular flexibility index (Phi) is 10.5. The molecular formula is C29H53N2O7-. The van der Waals surface area contributed by atoms with Crippen LogP contribution < -0.4 is 0 Å². The van der Waals surface area contributed by atoms with Crippen LogP contribution >= 0.6 is 0 Å². The third-order valence-electron chi connectivity index (χ3n) is 8.39. The smallest absolute Gasteiger partial charge is 0.323 e. The number of methoxy groups -OCH3 is 1. The molecule has 0 aromatic rings. The molecule has 2 aliphatic rings. The van der Waals surface area contributed by atoms with Gasteiger partial charge in [0.25, 0.3) is 0 Å². The van der Waals surface area contributed by atoms with Gasteiger partial charge in [0.2, 0.25) is 0 Å². The summed E-state index contributed by atoms with van der Waals surface area (Å²) in [6.07, 6.45) is 3.30. The summed E-state index contributed by atoms with van der Waals surface area (Å²) in [5, 5.41) is 26.0. The number of piperidine rings is 2. The highest BCUT2D eigenvalue weighted by atomic mass is 16.6. The van der Waals surface area contributed by atoms with Crippen LogP contribution in [-0.4, -0.2) is 75.4 Å². The van der Waals surface area contributed by atoms with Gasteiger partial charge in [-0.1, -0.05) is 19.8 Å². The predicted molar refractivity (Wildman–Crippen MR) is 146 cm³/mol. The number of hydrogen-bond donors (Lipinski definition) is 1. The zero-order valence-electron chi connectivity index (χ0n) is 25.5. The second kappa shape index (κ2) is 12.1. The van der Waals surface area contributed by atoms with Crippen molar-refractivity contribution in [3.8, 4) is 0 Å². The number of ether oxygens (including phenoxy) is 3. The quantitative estimate of drug-likeness (QED) is 0.203. The van der Waals surface area contributed by atoms with Crippen molar-refractivity contribution in [1.82, 2.24) is 10.1 Å². The first-order valence-electron chi connectivity index (χ1n) is 14.2. The van der Waals surface area contributed by atoms with E-state index in [2.05, 4.69) is 0 Å². The number of carbonyl (C=O) groups excluding carboxylic acids is 2. The van der Waals surface area contributed by atoms with Gasteiger partial charge in [0.1, 0.15) is 12.2 Å². The zero-order valence-corrected chi connectivity index (χ0v) is 25.5. The molecule has 2 saturated heterocycles. The maximum absolute atomic E-state index is 14.0. The first kappa shape index (κ1) is 32.9. The number of carbonyl (C=O) groups is 2. The minimum Gasteiger partial charge on any atom is -0.784 e. The Hall–Kier alpha value is -1.26. The number of esters is 2. The summed E-state index contributed by atoms with van der Waals surface area (Å²) in [4.78, 5) is 28.1. The van der Waals surface area contributed by atoms with Crippen molar-refractivity contribution >= 4 is 11.9 Å². The van der Waals surface area contributed by atoms with Crippen LogP contribution in [0.2, 0.25) is 0 Å². The van der Waals surface area contributed by atoms with Crippen LogP contribution in [0.4, 0.5) is 0 Å². The van der Waals surface area contributed by atoms with Crippen LogP contribution in [0.25, 0.3) is 0 Å². The molecule has 1 unspecified atom stereocenters. The Bertz CT molecular complexity index is 732. The summed E-state index contributed by atoms with van der Waals surface area (Å²) >= 11 is 0. The molecule has 2 aliphatic heterocycles. The van der Waals surface area contributed by atoms with E-state index in [1.54, 1.807) is 7.11 Å². The van der Waals surface area contributed by atoms with Gasteiger partial charge in [-0.3, -0.25) is 9.59 Å². The minimum absolute atomic E-state index is 0.261. The van der Waals surface area contributed by atoms with Crippen molar-refractivity contribution in [2.24, 2.45) is 5.41 Å². The molecule has 38 heavy (non-hydrogen) atoms. The fraction of sp³-hybridized carbons (Fsp3) is 0.931. The first-order chi connectivity index (χ1) is 17.3. The van der Waals surface area contributed by atoms with Gasteiger partial charge in [-0.15, -0.1) is 0 Å². The van der Waals surface area contributed by atoms with Crippen molar-refractivity contribution in [3.63, 3.8) is 0 Å². The van der Waals surface area contributed by atoms with Crippen LogP contribution in [-0.2, 0) is 23.8 Å². The average molecular weight is 542 g/mol. The van der Waals surface area contributed by atoms with Gasteiger partial charge >= 0.3 is 11.9 Å². The van der Waals surface area contributed by atoms with E-state index in [0.717, 1.165) is 11.5 Å².